The molecular formula is C8H20N6. The first-order chi connectivity index (χ1) is 6.49. The number of nitrogens with two attached hydrogens (primary N) is 1. The van der Waals surface area contributed by atoms with Crippen molar-refractivity contribution in [3.8, 4) is 0 Å². The second-order valence-electron chi connectivity index (χ2n) is 3.19. The molecule has 0 saturated carbocycles. The summed E-state index contributed by atoms with van der Waals surface area (Å²) >= 11 is 0. The molecule has 6 heteroatoms. The largest absolute Gasteiger partial charge is 0.370 e. The Balaban J connectivity index is 4.18. The van der Waals surface area contributed by atoms with Crippen LogP contribution in [0.2, 0.25) is 0 Å². The minimum atomic E-state index is 0.394. The minimum Gasteiger partial charge on any atom is -0.370 e. The lowest BCUT2D eigenvalue weighted by atomic mass is 10.7. The summed E-state index contributed by atoms with van der Waals surface area (Å²) in [5, 5.41) is 2.86. The fourth-order valence-corrected chi connectivity index (χ4v) is 0.953. The standard InChI is InChI=1S/C8H20N6/c1-10-7(9)11-6-12-8(13(2)3)14(4)5/h6H2,1-5H3,(H3,9,10,11). The fraction of sp³-hybridized carbons (Fsp3) is 0.750. The van der Waals surface area contributed by atoms with Gasteiger partial charge in [-0.2, -0.15) is 0 Å². The van der Waals surface area contributed by atoms with Crippen LogP contribution in [-0.4, -0.2) is 63.6 Å². The molecule has 0 aliphatic rings. The predicted molar refractivity (Wildman–Crippen MR) is 60.4 cm³/mol. The van der Waals surface area contributed by atoms with Gasteiger partial charge < -0.3 is 20.9 Å². The molecule has 0 atom stereocenters. The summed E-state index contributed by atoms with van der Waals surface area (Å²) in [6.45, 7) is 0.425. The van der Waals surface area contributed by atoms with E-state index in [0.717, 1.165) is 5.96 Å². The number of hydrogen-bond acceptors (Lipinski definition) is 2. The number of aliphatic imine (C=N–C) groups is 2. The van der Waals surface area contributed by atoms with Gasteiger partial charge in [-0.3, -0.25) is 4.99 Å². The Labute approximate surface area is 85.5 Å². The Hall–Kier alpha value is -1.46. The average Bonchev–Trinajstić information content (AvgIpc) is 2.10. The highest BCUT2D eigenvalue weighted by molar-refractivity contribution is 5.80. The van der Waals surface area contributed by atoms with Crippen LogP contribution in [0.4, 0.5) is 0 Å². The molecule has 6 nitrogen and oxygen atoms in total. The van der Waals surface area contributed by atoms with Gasteiger partial charge in [-0.25, -0.2) is 4.99 Å². The molecule has 0 fully saturated rings. The van der Waals surface area contributed by atoms with E-state index >= 15 is 0 Å². The van der Waals surface area contributed by atoms with Crippen LogP contribution in [0.15, 0.2) is 9.98 Å². The van der Waals surface area contributed by atoms with Gasteiger partial charge in [-0.15, -0.1) is 0 Å². The minimum absolute atomic E-state index is 0.394. The molecule has 0 unspecified atom stereocenters. The van der Waals surface area contributed by atoms with Crippen LogP contribution in [0.25, 0.3) is 0 Å². The van der Waals surface area contributed by atoms with E-state index in [1.165, 1.54) is 0 Å². The van der Waals surface area contributed by atoms with Gasteiger partial charge in [0.15, 0.2) is 11.9 Å². The summed E-state index contributed by atoms with van der Waals surface area (Å²) in [7, 11) is 9.39. The zero-order valence-electron chi connectivity index (χ0n) is 9.57. The molecule has 0 aliphatic carbocycles. The van der Waals surface area contributed by atoms with E-state index in [2.05, 4.69) is 15.3 Å². The molecule has 82 valence electrons. The van der Waals surface area contributed by atoms with Gasteiger partial charge in [0.25, 0.3) is 0 Å². The lowest BCUT2D eigenvalue weighted by molar-refractivity contribution is 0.479. The molecule has 0 saturated heterocycles. The van der Waals surface area contributed by atoms with E-state index in [9.17, 15) is 0 Å². The van der Waals surface area contributed by atoms with Crippen molar-refractivity contribution >= 4 is 11.9 Å². The topological polar surface area (TPSA) is 69.2 Å². The lowest BCUT2D eigenvalue weighted by Gasteiger charge is -2.22. The molecule has 0 heterocycles. The summed E-state index contributed by atoms with van der Waals surface area (Å²) in [6, 6.07) is 0. The van der Waals surface area contributed by atoms with Crippen molar-refractivity contribution in [3.05, 3.63) is 0 Å². The summed E-state index contributed by atoms with van der Waals surface area (Å²) in [5.74, 6) is 1.27. The quantitative estimate of drug-likeness (QED) is 0.441. The molecule has 0 amide bonds. The Bertz CT molecular complexity index is 208. The highest BCUT2D eigenvalue weighted by atomic mass is 15.3. The maximum absolute atomic E-state index is 5.45. The van der Waals surface area contributed by atoms with Crippen molar-refractivity contribution in [2.45, 2.75) is 0 Å². The first-order valence-electron chi connectivity index (χ1n) is 4.34. The van der Waals surface area contributed by atoms with Crippen molar-refractivity contribution in [1.29, 1.82) is 0 Å². The van der Waals surface area contributed by atoms with E-state index in [1.54, 1.807) is 7.05 Å². The van der Waals surface area contributed by atoms with Crippen LogP contribution < -0.4 is 11.1 Å². The zero-order valence-corrected chi connectivity index (χ0v) is 9.57. The first-order valence-corrected chi connectivity index (χ1v) is 4.34. The van der Waals surface area contributed by atoms with Crippen LogP contribution in [-0.2, 0) is 0 Å². The third kappa shape index (κ3) is 4.54. The molecule has 0 aliphatic heterocycles. The number of rotatable bonds is 2. The number of guanidine groups is 2. The maximum Gasteiger partial charge on any atom is 0.197 e. The van der Waals surface area contributed by atoms with Crippen molar-refractivity contribution in [2.24, 2.45) is 15.7 Å². The van der Waals surface area contributed by atoms with Gasteiger partial charge in [0.05, 0.1) is 0 Å². The van der Waals surface area contributed by atoms with E-state index < -0.39 is 0 Å². The molecule has 0 spiro atoms. The van der Waals surface area contributed by atoms with Crippen LogP contribution in [0.5, 0.6) is 0 Å². The predicted octanol–water partition coefficient (Wildman–Crippen LogP) is -1.04. The summed E-state index contributed by atoms with van der Waals surface area (Å²) in [5.41, 5.74) is 5.45. The molecule has 0 radical (unpaired) electrons. The van der Waals surface area contributed by atoms with Crippen LogP contribution in [0.1, 0.15) is 0 Å². The molecular weight excluding hydrogens is 180 g/mol. The normalized spacial score (nSPS) is 10.8. The van der Waals surface area contributed by atoms with Gasteiger partial charge in [0.1, 0.15) is 6.67 Å². The van der Waals surface area contributed by atoms with Gasteiger partial charge in [-0.05, 0) is 0 Å². The highest BCUT2D eigenvalue weighted by Gasteiger charge is 2.02. The number of nitrogens with one attached hydrogen (secondary N) is 1. The first kappa shape index (κ1) is 12.5. The van der Waals surface area contributed by atoms with E-state index in [0.29, 0.717) is 12.6 Å². The zero-order chi connectivity index (χ0) is 11.1. The van der Waals surface area contributed by atoms with E-state index in [4.69, 9.17) is 5.73 Å². The molecule has 0 aromatic carbocycles. The van der Waals surface area contributed by atoms with E-state index in [-0.39, 0.29) is 0 Å². The monoisotopic (exact) mass is 200 g/mol. The average molecular weight is 200 g/mol. The number of nitrogens with zero attached hydrogens (tertiary/aromatic N) is 4. The molecule has 3 N–H and O–H groups in total. The van der Waals surface area contributed by atoms with Crippen molar-refractivity contribution in [2.75, 3.05) is 41.9 Å². The lowest BCUT2D eigenvalue weighted by Crippen LogP contribution is -2.38. The maximum atomic E-state index is 5.45. The highest BCUT2D eigenvalue weighted by Crippen LogP contribution is 1.87. The second kappa shape index (κ2) is 6.06. The van der Waals surface area contributed by atoms with Crippen molar-refractivity contribution in [1.82, 2.24) is 15.1 Å². The molecule has 14 heavy (non-hydrogen) atoms. The Morgan fingerprint density at radius 3 is 2.07 bits per heavy atom. The van der Waals surface area contributed by atoms with Crippen molar-refractivity contribution < 1.29 is 0 Å². The van der Waals surface area contributed by atoms with Crippen LogP contribution in [0.3, 0.4) is 0 Å². The number of hydrogen-bond donors (Lipinski definition) is 2. The smallest absolute Gasteiger partial charge is 0.197 e. The second-order valence-corrected chi connectivity index (χ2v) is 3.19. The molecule has 0 aromatic rings. The molecule has 0 aromatic heterocycles. The third-order valence-corrected chi connectivity index (χ3v) is 1.52. The van der Waals surface area contributed by atoms with Crippen molar-refractivity contribution in [3.63, 3.8) is 0 Å². The summed E-state index contributed by atoms with van der Waals surface area (Å²) in [4.78, 5) is 11.9. The van der Waals surface area contributed by atoms with Gasteiger partial charge in [-0.1, -0.05) is 0 Å². The molecule has 0 rings (SSSR count). The van der Waals surface area contributed by atoms with Gasteiger partial charge >= 0.3 is 0 Å². The Morgan fingerprint density at radius 1 is 1.21 bits per heavy atom. The SMILES string of the molecule is CN=C(N)NCN=C(N(C)C)N(C)C. The van der Waals surface area contributed by atoms with Crippen LogP contribution in [0, 0.1) is 0 Å². The van der Waals surface area contributed by atoms with Gasteiger partial charge in [0.2, 0.25) is 0 Å². The fourth-order valence-electron chi connectivity index (χ4n) is 0.953. The Morgan fingerprint density at radius 2 is 1.71 bits per heavy atom. The summed E-state index contributed by atoms with van der Waals surface area (Å²) in [6.07, 6.45) is 0. The molecule has 0 bridgehead atoms. The summed E-state index contributed by atoms with van der Waals surface area (Å²) < 4.78 is 0. The van der Waals surface area contributed by atoms with Crippen LogP contribution >= 0.6 is 0 Å². The van der Waals surface area contributed by atoms with E-state index in [1.807, 2.05) is 38.0 Å². The third-order valence-electron chi connectivity index (χ3n) is 1.52. The Kier molecular flexibility index (Phi) is 5.43. The van der Waals surface area contributed by atoms with Gasteiger partial charge in [0, 0.05) is 35.2 Å².